The van der Waals surface area contributed by atoms with Crippen molar-refractivity contribution in [1.29, 1.82) is 0 Å². The molecule has 0 aromatic rings. The van der Waals surface area contributed by atoms with E-state index in [1.54, 1.807) is 0 Å². The summed E-state index contributed by atoms with van der Waals surface area (Å²) in [5.41, 5.74) is -1.64. The molecule has 0 aromatic carbocycles. The van der Waals surface area contributed by atoms with Crippen LogP contribution in [0.5, 0.6) is 0 Å². The molecular formula is C5H8F3O3P. The summed E-state index contributed by atoms with van der Waals surface area (Å²) in [6.07, 6.45) is -4.53. The summed E-state index contributed by atoms with van der Waals surface area (Å²) < 4.78 is 55.6. The molecule has 0 radical (unpaired) electrons. The first-order chi connectivity index (χ1) is 5.26. The molecule has 0 N–H and O–H groups in total. The number of alkyl halides is 2. The average molecular weight is 204 g/mol. The van der Waals surface area contributed by atoms with Crippen molar-refractivity contribution in [3.8, 4) is 0 Å². The van der Waals surface area contributed by atoms with Gasteiger partial charge in [0.1, 0.15) is 0 Å². The van der Waals surface area contributed by atoms with Crippen molar-refractivity contribution in [2.24, 2.45) is 5.41 Å². The van der Waals surface area contributed by atoms with Gasteiger partial charge in [0.15, 0.2) is 0 Å². The summed E-state index contributed by atoms with van der Waals surface area (Å²) in [5, 5.41) is 0. The molecule has 1 rings (SSSR count). The minimum Gasteiger partial charge on any atom is -0.247 e. The first kappa shape index (κ1) is 10.0. The van der Waals surface area contributed by atoms with Crippen molar-refractivity contribution >= 4 is 7.91 Å². The fraction of sp³-hybridized carbons (Fsp3) is 1.00. The second kappa shape index (κ2) is 2.72. The molecule has 3 nitrogen and oxygen atoms in total. The highest BCUT2D eigenvalue weighted by Crippen LogP contribution is 2.60. The Balaban J connectivity index is 2.85. The van der Waals surface area contributed by atoms with E-state index in [-0.39, 0.29) is 0 Å². The van der Waals surface area contributed by atoms with Crippen LogP contribution in [0.4, 0.5) is 13.0 Å². The Morgan fingerprint density at radius 1 is 1.25 bits per heavy atom. The lowest BCUT2D eigenvalue weighted by Crippen LogP contribution is -2.41. The maximum atomic E-state index is 12.8. The molecule has 0 aromatic heterocycles. The lowest BCUT2D eigenvalue weighted by Gasteiger charge is -2.36. The van der Waals surface area contributed by atoms with Crippen molar-refractivity contribution < 1.29 is 26.6 Å². The van der Waals surface area contributed by atoms with Crippen molar-refractivity contribution in [2.45, 2.75) is 26.6 Å². The third-order valence-corrected chi connectivity index (χ3v) is 2.48. The first-order valence-corrected chi connectivity index (χ1v) is 4.64. The lowest BCUT2D eigenvalue weighted by atomic mass is 9.94. The highest BCUT2D eigenvalue weighted by molar-refractivity contribution is 7.48. The third kappa shape index (κ3) is 1.65. The molecular weight excluding hydrogens is 196 g/mol. The van der Waals surface area contributed by atoms with Gasteiger partial charge in [-0.15, -0.1) is 4.20 Å². The Morgan fingerprint density at radius 2 is 1.58 bits per heavy atom. The normalized spacial score (nSPS) is 47.4. The van der Waals surface area contributed by atoms with Crippen LogP contribution in [0.2, 0.25) is 0 Å². The van der Waals surface area contributed by atoms with E-state index in [0.717, 1.165) is 13.8 Å². The highest BCUT2D eigenvalue weighted by Gasteiger charge is 2.52. The molecule has 1 heterocycles. The summed E-state index contributed by atoms with van der Waals surface area (Å²) in [6, 6.07) is 0. The zero-order valence-corrected chi connectivity index (χ0v) is 7.35. The lowest BCUT2D eigenvalue weighted by molar-refractivity contribution is -0.186. The Bertz CT molecular complexity index is 214. The zero-order valence-electron chi connectivity index (χ0n) is 6.46. The van der Waals surface area contributed by atoms with Crippen LogP contribution in [0.25, 0.3) is 0 Å². The smallest absolute Gasteiger partial charge is 0.247 e. The van der Waals surface area contributed by atoms with E-state index in [0.29, 0.717) is 0 Å². The highest BCUT2D eigenvalue weighted by atomic mass is 31.2. The second-order valence-corrected chi connectivity index (χ2v) is 4.38. The molecule has 12 heavy (non-hydrogen) atoms. The summed E-state index contributed by atoms with van der Waals surface area (Å²) >= 11 is 0. The molecule has 72 valence electrons. The van der Waals surface area contributed by atoms with Crippen LogP contribution in [-0.4, -0.2) is 12.7 Å². The zero-order chi connectivity index (χ0) is 9.57. The molecule has 2 atom stereocenters. The summed E-state index contributed by atoms with van der Waals surface area (Å²) in [5.74, 6) is 0. The van der Waals surface area contributed by atoms with Gasteiger partial charge in [-0.2, -0.15) is 0 Å². The van der Waals surface area contributed by atoms with E-state index in [1.165, 1.54) is 0 Å². The molecule has 1 aliphatic rings. The summed E-state index contributed by atoms with van der Waals surface area (Å²) in [4.78, 5) is 0. The topological polar surface area (TPSA) is 35.5 Å². The predicted molar refractivity (Wildman–Crippen MR) is 34.5 cm³/mol. The van der Waals surface area contributed by atoms with Crippen molar-refractivity contribution in [3.63, 3.8) is 0 Å². The molecule has 2 unspecified atom stereocenters. The van der Waals surface area contributed by atoms with Crippen LogP contribution < -0.4 is 0 Å². The van der Waals surface area contributed by atoms with Gasteiger partial charge >= 0.3 is 7.91 Å². The van der Waals surface area contributed by atoms with Crippen LogP contribution in [0.1, 0.15) is 13.8 Å². The predicted octanol–water partition coefficient (Wildman–Crippen LogP) is 2.73. The van der Waals surface area contributed by atoms with Crippen LogP contribution in [0.15, 0.2) is 0 Å². The van der Waals surface area contributed by atoms with Gasteiger partial charge < -0.3 is 0 Å². The van der Waals surface area contributed by atoms with Gasteiger partial charge in [-0.1, -0.05) is 0 Å². The van der Waals surface area contributed by atoms with Gasteiger partial charge in [-0.05, 0) is 13.8 Å². The molecule has 0 spiro atoms. The van der Waals surface area contributed by atoms with Crippen LogP contribution >= 0.6 is 7.91 Å². The van der Waals surface area contributed by atoms with E-state index < -0.39 is 26.0 Å². The Labute approximate surface area is 67.5 Å². The van der Waals surface area contributed by atoms with Crippen LogP contribution in [-0.2, 0) is 13.6 Å². The van der Waals surface area contributed by atoms with E-state index >= 15 is 0 Å². The average Bonchev–Trinajstić information content (AvgIpc) is 1.82. The van der Waals surface area contributed by atoms with Crippen molar-refractivity contribution in [2.75, 3.05) is 0 Å². The van der Waals surface area contributed by atoms with Crippen molar-refractivity contribution in [1.82, 2.24) is 0 Å². The summed E-state index contributed by atoms with van der Waals surface area (Å²) in [7, 11) is -5.03. The third-order valence-electron chi connectivity index (χ3n) is 1.61. The fourth-order valence-corrected chi connectivity index (χ4v) is 1.66. The van der Waals surface area contributed by atoms with Gasteiger partial charge in [0.25, 0.3) is 0 Å². The van der Waals surface area contributed by atoms with E-state index in [9.17, 15) is 17.5 Å². The quantitative estimate of drug-likeness (QED) is 0.569. The maximum Gasteiger partial charge on any atom is 0.518 e. The molecule has 0 saturated carbocycles. The number of rotatable bonds is 0. The summed E-state index contributed by atoms with van der Waals surface area (Å²) in [6.45, 7) is 2.28. The minimum atomic E-state index is -5.03. The fourth-order valence-electron chi connectivity index (χ4n) is 0.621. The number of hydrogen-bond donors (Lipinski definition) is 0. The molecule has 0 bridgehead atoms. The van der Waals surface area contributed by atoms with Crippen LogP contribution in [0, 0.1) is 5.41 Å². The second-order valence-electron chi connectivity index (χ2n) is 3.09. The molecule has 1 fully saturated rings. The Morgan fingerprint density at radius 3 is 1.92 bits per heavy atom. The molecule has 1 aliphatic heterocycles. The molecule has 0 amide bonds. The first-order valence-electron chi connectivity index (χ1n) is 3.20. The van der Waals surface area contributed by atoms with Gasteiger partial charge in [0.2, 0.25) is 12.7 Å². The largest absolute Gasteiger partial charge is 0.518 e. The monoisotopic (exact) mass is 204 g/mol. The molecule has 7 heteroatoms. The molecule has 1 saturated heterocycles. The van der Waals surface area contributed by atoms with E-state index in [2.05, 4.69) is 9.05 Å². The Kier molecular flexibility index (Phi) is 2.27. The minimum absolute atomic E-state index is 1.14. The number of hydrogen-bond acceptors (Lipinski definition) is 3. The van der Waals surface area contributed by atoms with Gasteiger partial charge in [-0.3, -0.25) is 0 Å². The van der Waals surface area contributed by atoms with Gasteiger partial charge in [-0.25, -0.2) is 22.4 Å². The van der Waals surface area contributed by atoms with Crippen LogP contribution in [0.3, 0.4) is 0 Å². The number of halogens is 3. The maximum absolute atomic E-state index is 12.8. The standard InChI is InChI=1S/C5H8F3O3P/c1-5(2)3(6)10-12(8,9)11-4(5)7/h3-4H,1-2H3. The molecule has 0 aliphatic carbocycles. The van der Waals surface area contributed by atoms with E-state index in [4.69, 9.17) is 0 Å². The van der Waals surface area contributed by atoms with Crippen molar-refractivity contribution in [3.05, 3.63) is 0 Å². The van der Waals surface area contributed by atoms with Gasteiger partial charge in [0, 0.05) is 0 Å². The SMILES string of the molecule is CC1(C)C(F)OP(=O)(F)OC1F. The van der Waals surface area contributed by atoms with E-state index in [1.807, 2.05) is 0 Å². The van der Waals surface area contributed by atoms with Gasteiger partial charge in [0.05, 0.1) is 5.41 Å². The Hall–Kier alpha value is -0.0600.